The monoisotopic (exact) mass is 285 g/mol. The van der Waals surface area contributed by atoms with E-state index in [4.69, 9.17) is 5.11 Å². The molecule has 19 heavy (non-hydrogen) atoms. The normalized spacial score (nSPS) is 12.2. The number of pyridine rings is 1. The Hall–Kier alpha value is -1.73. The second-order valence-corrected chi connectivity index (χ2v) is 5.70. The largest absolute Gasteiger partial charge is 0.740 e. The highest BCUT2D eigenvalue weighted by Crippen LogP contribution is 2.09. The Kier molecular flexibility index (Phi) is 4.79. The van der Waals surface area contributed by atoms with Crippen LogP contribution in [0.5, 0.6) is 0 Å². The molecule has 0 spiro atoms. The van der Waals surface area contributed by atoms with Gasteiger partial charge in [0.15, 0.2) is 16.3 Å². The molecule has 0 aliphatic rings. The highest BCUT2D eigenvalue weighted by atomic mass is 32.2. The number of aliphatic carboxylic acids is 1. The Bertz CT molecular complexity index is 605. The smallest absolute Gasteiger partial charge is 0.370 e. The zero-order valence-corrected chi connectivity index (χ0v) is 11.4. The zero-order chi connectivity index (χ0) is 14.6. The van der Waals surface area contributed by atoms with E-state index in [1.165, 1.54) is 12.3 Å². The second-order valence-electron chi connectivity index (χ2n) is 4.38. The van der Waals surface area contributed by atoms with Crippen molar-refractivity contribution in [3.05, 3.63) is 30.0 Å². The van der Waals surface area contributed by atoms with Crippen LogP contribution in [-0.2, 0) is 21.5 Å². The first-order chi connectivity index (χ1) is 8.70. The Labute approximate surface area is 111 Å². The fourth-order valence-corrected chi connectivity index (χ4v) is 2.12. The van der Waals surface area contributed by atoms with Crippen molar-refractivity contribution in [2.24, 2.45) is 5.92 Å². The molecule has 1 aromatic heterocycles. The number of carbonyl (C=O) groups is 1. The molecule has 0 aromatic carbocycles. The van der Waals surface area contributed by atoms with Crippen molar-refractivity contribution >= 4 is 22.2 Å². The summed E-state index contributed by atoms with van der Waals surface area (Å²) in [6, 6.07) is 2.72. The van der Waals surface area contributed by atoms with Gasteiger partial charge in [-0.3, -0.25) is 0 Å². The summed E-state index contributed by atoms with van der Waals surface area (Å²) >= 11 is 0. The molecule has 7 heteroatoms. The number of rotatable bonds is 5. The first-order valence-corrected chi connectivity index (χ1v) is 7.00. The van der Waals surface area contributed by atoms with Gasteiger partial charge in [-0.1, -0.05) is 26.0 Å². The van der Waals surface area contributed by atoms with Crippen LogP contribution in [0.15, 0.2) is 29.4 Å². The average Bonchev–Trinajstić information content (AvgIpc) is 2.25. The van der Waals surface area contributed by atoms with Gasteiger partial charge in [-0.25, -0.2) is 13.2 Å². The van der Waals surface area contributed by atoms with Gasteiger partial charge in [-0.15, -0.1) is 0 Å². The van der Waals surface area contributed by atoms with Crippen molar-refractivity contribution in [3.63, 3.8) is 0 Å². The van der Waals surface area contributed by atoms with Crippen LogP contribution in [0.4, 0.5) is 0 Å². The van der Waals surface area contributed by atoms with Crippen LogP contribution in [0.3, 0.4) is 0 Å². The summed E-state index contributed by atoms with van der Waals surface area (Å²) in [5, 5.41) is 8.12. The third kappa shape index (κ3) is 4.80. The number of hydrogen-bond acceptors (Lipinski definition) is 4. The SMILES string of the molecule is CC(C)/C=C/c1cc[n+](CC(=O)O)c(S(=O)(=O)[O-])c1. The number of aromatic nitrogens is 1. The van der Waals surface area contributed by atoms with Crippen molar-refractivity contribution in [1.82, 2.24) is 0 Å². The molecule has 0 fully saturated rings. The molecule has 0 saturated carbocycles. The quantitative estimate of drug-likeness (QED) is 0.632. The minimum atomic E-state index is -4.72. The molecule has 0 amide bonds. The van der Waals surface area contributed by atoms with E-state index in [1.807, 2.05) is 19.9 Å². The van der Waals surface area contributed by atoms with Crippen LogP contribution >= 0.6 is 0 Å². The first-order valence-electron chi connectivity index (χ1n) is 5.59. The number of carboxylic acid groups (broad SMARTS) is 1. The van der Waals surface area contributed by atoms with E-state index in [1.54, 1.807) is 12.1 Å². The van der Waals surface area contributed by atoms with E-state index in [-0.39, 0.29) is 5.92 Å². The lowest BCUT2D eigenvalue weighted by Gasteiger charge is -2.07. The molecular weight excluding hydrogens is 270 g/mol. The molecule has 0 aliphatic heterocycles. The Morgan fingerprint density at radius 1 is 1.53 bits per heavy atom. The molecule has 1 rings (SSSR count). The van der Waals surface area contributed by atoms with Gasteiger partial charge in [-0.2, -0.15) is 4.57 Å². The molecular formula is C12H15NO5S. The lowest BCUT2D eigenvalue weighted by molar-refractivity contribution is -0.723. The fraction of sp³-hybridized carbons (Fsp3) is 0.333. The molecule has 1 heterocycles. The topological polar surface area (TPSA) is 98.4 Å². The summed E-state index contributed by atoms with van der Waals surface area (Å²) < 4.78 is 34.3. The van der Waals surface area contributed by atoms with Crippen LogP contribution in [-0.4, -0.2) is 24.0 Å². The van der Waals surface area contributed by atoms with Gasteiger partial charge < -0.3 is 9.66 Å². The second kappa shape index (κ2) is 5.94. The van der Waals surface area contributed by atoms with Crippen molar-refractivity contribution < 1.29 is 27.4 Å². The molecule has 1 N–H and O–H groups in total. The van der Waals surface area contributed by atoms with Crippen molar-refractivity contribution in [2.45, 2.75) is 25.4 Å². The zero-order valence-electron chi connectivity index (χ0n) is 10.6. The van der Waals surface area contributed by atoms with Gasteiger partial charge in [0.2, 0.25) is 6.54 Å². The molecule has 104 valence electrons. The van der Waals surface area contributed by atoms with E-state index >= 15 is 0 Å². The standard InChI is InChI=1S/C12H15NO5S/c1-9(2)3-4-10-5-6-13(8-12(14)15)11(7-10)19(16,17)18/h3-7,9H,8H2,1-2H3,(H-,14,15,16,17,18)/b4-3+. The van der Waals surface area contributed by atoms with Crippen molar-refractivity contribution in [1.29, 1.82) is 0 Å². The van der Waals surface area contributed by atoms with Crippen LogP contribution in [0.25, 0.3) is 6.08 Å². The van der Waals surface area contributed by atoms with Crippen molar-refractivity contribution in [3.8, 4) is 0 Å². The third-order valence-corrected chi connectivity index (χ3v) is 3.12. The van der Waals surface area contributed by atoms with E-state index < -0.39 is 27.7 Å². The van der Waals surface area contributed by atoms with E-state index in [9.17, 15) is 17.8 Å². The Balaban J connectivity index is 3.27. The van der Waals surface area contributed by atoms with E-state index in [0.717, 1.165) is 4.57 Å². The lowest BCUT2D eigenvalue weighted by atomic mass is 10.1. The summed E-state index contributed by atoms with van der Waals surface area (Å²) in [4.78, 5) is 10.6. The lowest BCUT2D eigenvalue weighted by Crippen LogP contribution is -2.42. The molecule has 0 aliphatic carbocycles. The molecule has 0 radical (unpaired) electrons. The van der Waals surface area contributed by atoms with Gasteiger partial charge in [0.1, 0.15) is 0 Å². The number of carboxylic acids is 1. The molecule has 0 unspecified atom stereocenters. The summed E-state index contributed by atoms with van der Waals surface area (Å²) in [5.74, 6) is -0.945. The minimum Gasteiger partial charge on any atom is -0.740 e. The van der Waals surface area contributed by atoms with Gasteiger partial charge in [0, 0.05) is 12.1 Å². The molecule has 0 saturated heterocycles. The number of nitrogens with zero attached hydrogens (tertiary/aromatic N) is 1. The third-order valence-electron chi connectivity index (χ3n) is 2.26. The maximum Gasteiger partial charge on any atom is 0.370 e. The minimum absolute atomic E-state index is 0.277. The maximum atomic E-state index is 11.1. The molecule has 6 nitrogen and oxygen atoms in total. The Morgan fingerprint density at radius 2 is 2.16 bits per heavy atom. The summed E-state index contributed by atoms with van der Waals surface area (Å²) in [6.07, 6.45) is 4.81. The molecule has 0 bridgehead atoms. The van der Waals surface area contributed by atoms with Gasteiger partial charge in [-0.05, 0) is 11.5 Å². The molecule has 1 aromatic rings. The van der Waals surface area contributed by atoms with Crippen LogP contribution in [0.1, 0.15) is 19.4 Å². The number of hydrogen-bond donors (Lipinski definition) is 1. The average molecular weight is 285 g/mol. The maximum absolute atomic E-state index is 11.1. The predicted molar refractivity (Wildman–Crippen MR) is 66.1 cm³/mol. The van der Waals surface area contributed by atoms with E-state index in [2.05, 4.69) is 0 Å². The van der Waals surface area contributed by atoms with Crippen LogP contribution < -0.4 is 4.57 Å². The Morgan fingerprint density at radius 3 is 2.63 bits per heavy atom. The van der Waals surface area contributed by atoms with Gasteiger partial charge in [0.05, 0.1) is 0 Å². The summed E-state index contributed by atoms with van der Waals surface area (Å²) in [5.41, 5.74) is 0.532. The van der Waals surface area contributed by atoms with Crippen molar-refractivity contribution in [2.75, 3.05) is 0 Å². The first kappa shape index (κ1) is 15.3. The summed E-state index contributed by atoms with van der Waals surface area (Å²) in [6.45, 7) is 3.33. The highest BCUT2D eigenvalue weighted by molar-refractivity contribution is 7.85. The van der Waals surface area contributed by atoms with E-state index in [0.29, 0.717) is 5.56 Å². The summed E-state index contributed by atoms with van der Waals surface area (Å²) in [7, 11) is -4.72. The van der Waals surface area contributed by atoms with Gasteiger partial charge in [0.25, 0.3) is 5.03 Å². The van der Waals surface area contributed by atoms with Gasteiger partial charge >= 0.3 is 5.97 Å². The van der Waals surface area contributed by atoms with Crippen LogP contribution in [0, 0.1) is 5.92 Å². The highest BCUT2D eigenvalue weighted by Gasteiger charge is 2.20. The molecule has 0 atom stereocenters. The fourth-order valence-electron chi connectivity index (χ4n) is 1.42. The predicted octanol–water partition coefficient (Wildman–Crippen LogP) is 0.632. The number of allylic oxidation sites excluding steroid dienone is 1. The van der Waals surface area contributed by atoms with Crippen LogP contribution in [0.2, 0.25) is 0 Å².